The van der Waals surface area contributed by atoms with Gasteiger partial charge in [-0.3, -0.25) is 15.0 Å². The fraction of sp³-hybridized carbons (Fsp3) is 0.550. The molecule has 0 spiro atoms. The van der Waals surface area contributed by atoms with E-state index in [1.165, 1.54) is 6.33 Å². The van der Waals surface area contributed by atoms with Crippen molar-refractivity contribution in [3.05, 3.63) is 41.7 Å². The van der Waals surface area contributed by atoms with Crippen molar-refractivity contribution in [1.29, 1.82) is 0 Å². The minimum atomic E-state index is -0.172. The molecule has 27 heavy (non-hydrogen) atoms. The van der Waals surface area contributed by atoms with E-state index in [2.05, 4.69) is 47.3 Å². The topological polar surface area (TPSA) is 72.3 Å². The first-order chi connectivity index (χ1) is 12.9. The fourth-order valence-electron chi connectivity index (χ4n) is 3.57. The molecule has 1 aromatic carbocycles. The van der Waals surface area contributed by atoms with Gasteiger partial charge in [-0.05, 0) is 58.4 Å². The molecule has 2 heterocycles. The SMILES string of the molecule is CCn1ncnc1NC(=O)c1cccc(CN(C)[C@H]2CCOC(C)(C)C2)c1. The van der Waals surface area contributed by atoms with Gasteiger partial charge < -0.3 is 4.74 Å². The number of ether oxygens (including phenoxy) is 1. The zero-order valence-corrected chi connectivity index (χ0v) is 16.6. The number of carbonyl (C=O) groups excluding carboxylic acids is 1. The van der Waals surface area contributed by atoms with Crippen molar-refractivity contribution in [2.75, 3.05) is 19.0 Å². The number of aromatic nitrogens is 3. The van der Waals surface area contributed by atoms with E-state index in [0.29, 0.717) is 24.1 Å². The zero-order chi connectivity index (χ0) is 19.4. The van der Waals surface area contributed by atoms with Gasteiger partial charge in [-0.15, -0.1) is 0 Å². The standard InChI is InChI=1S/C20H29N5O2/c1-5-25-19(21-14-22-25)23-18(26)16-8-6-7-15(11-16)13-24(4)17-9-10-27-20(2,3)12-17/h6-8,11,14,17H,5,9-10,12-13H2,1-4H3,(H,21,22,23,26)/t17-/m0/s1. The van der Waals surface area contributed by atoms with Crippen LogP contribution in [0.2, 0.25) is 0 Å². The van der Waals surface area contributed by atoms with Crippen molar-refractivity contribution in [2.24, 2.45) is 0 Å². The Bertz CT molecular complexity index is 786. The monoisotopic (exact) mass is 371 g/mol. The summed E-state index contributed by atoms with van der Waals surface area (Å²) in [5.41, 5.74) is 1.67. The van der Waals surface area contributed by atoms with Crippen LogP contribution in [0.3, 0.4) is 0 Å². The predicted octanol–water partition coefficient (Wildman–Crippen LogP) is 2.94. The van der Waals surface area contributed by atoms with Crippen molar-refractivity contribution >= 4 is 11.9 Å². The number of nitrogens with one attached hydrogen (secondary N) is 1. The van der Waals surface area contributed by atoms with Gasteiger partial charge in [0, 0.05) is 31.3 Å². The quantitative estimate of drug-likeness (QED) is 0.845. The van der Waals surface area contributed by atoms with Crippen molar-refractivity contribution in [1.82, 2.24) is 19.7 Å². The van der Waals surface area contributed by atoms with Gasteiger partial charge in [-0.1, -0.05) is 12.1 Å². The lowest BCUT2D eigenvalue weighted by Crippen LogP contribution is -2.44. The molecule has 0 aliphatic carbocycles. The number of aryl methyl sites for hydroxylation is 1. The van der Waals surface area contributed by atoms with Crippen LogP contribution in [-0.4, -0.2) is 50.9 Å². The molecule has 1 atom stereocenters. The lowest BCUT2D eigenvalue weighted by Gasteiger charge is -2.39. The highest BCUT2D eigenvalue weighted by Gasteiger charge is 2.30. The van der Waals surface area contributed by atoms with Crippen molar-refractivity contribution in [3.63, 3.8) is 0 Å². The van der Waals surface area contributed by atoms with Crippen LogP contribution >= 0.6 is 0 Å². The smallest absolute Gasteiger partial charge is 0.258 e. The third kappa shape index (κ3) is 4.93. The van der Waals surface area contributed by atoms with Gasteiger partial charge in [0.25, 0.3) is 5.91 Å². The summed E-state index contributed by atoms with van der Waals surface area (Å²) in [5, 5.41) is 6.91. The Kier molecular flexibility index (Phi) is 5.92. The first-order valence-corrected chi connectivity index (χ1v) is 9.50. The first-order valence-electron chi connectivity index (χ1n) is 9.50. The molecule has 1 aromatic heterocycles. The number of carbonyl (C=O) groups is 1. The Labute approximate surface area is 160 Å². The zero-order valence-electron chi connectivity index (χ0n) is 16.6. The number of anilines is 1. The highest BCUT2D eigenvalue weighted by atomic mass is 16.5. The molecule has 1 amide bonds. The highest BCUT2D eigenvalue weighted by Crippen LogP contribution is 2.27. The molecule has 1 saturated heterocycles. The molecule has 1 fully saturated rings. The van der Waals surface area contributed by atoms with E-state index >= 15 is 0 Å². The fourth-order valence-corrected chi connectivity index (χ4v) is 3.57. The van der Waals surface area contributed by atoms with Gasteiger partial charge in [0.05, 0.1) is 5.60 Å². The third-order valence-electron chi connectivity index (χ3n) is 5.06. The summed E-state index contributed by atoms with van der Waals surface area (Å²) in [4.78, 5) is 19.0. The van der Waals surface area contributed by atoms with E-state index < -0.39 is 0 Å². The number of benzene rings is 1. The van der Waals surface area contributed by atoms with E-state index in [9.17, 15) is 4.79 Å². The summed E-state index contributed by atoms with van der Waals surface area (Å²) >= 11 is 0. The van der Waals surface area contributed by atoms with Crippen LogP contribution in [0.1, 0.15) is 49.5 Å². The second-order valence-electron chi connectivity index (χ2n) is 7.72. The van der Waals surface area contributed by atoms with Crippen LogP contribution < -0.4 is 5.32 Å². The lowest BCUT2D eigenvalue weighted by atomic mass is 9.93. The van der Waals surface area contributed by atoms with Crippen LogP contribution in [0, 0.1) is 0 Å². The number of hydrogen-bond donors (Lipinski definition) is 1. The van der Waals surface area contributed by atoms with Crippen molar-refractivity contribution in [3.8, 4) is 0 Å². The summed E-state index contributed by atoms with van der Waals surface area (Å²) in [7, 11) is 2.14. The minimum absolute atomic E-state index is 0.0753. The summed E-state index contributed by atoms with van der Waals surface area (Å²) in [5.74, 6) is 0.295. The molecule has 0 radical (unpaired) electrons. The van der Waals surface area contributed by atoms with E-state index in [4.69, 9.17) is 4.74 Å². The van der Waals surface area contributed by atoms with Crippen LogP contribution in [0.5, 0.6) is 0 Å². The Morgan fingerprint density at radius 3 is 3.00 bits per heavy atom. The molecule has 3 rings (SSSR count). The molecule has 146 valence electrons. The van der Waals surface area contributed by atoms with Gasteiger partial charge in [0.1, 0.15) is 6.33 Å². The van der Waals surface area contributed by atoms with Gasteiger partial charge in [0.15, 0.2) is 0 Å². The summed E-state index contributed by atoms with van der Waals surface area (Å²) in [6, 6.07) is 8.24. The van der Waals surface area contributed by atoms with Gasteiger partial charge in [0.2, 0.25) is 5.95 Å². The van der Waals surface area contributed by atoms with Crippen LogP contribution in [0.15, 0.2) is 30.6 Å². The summed E-state index contributed by atoms with van der Waals surface area (Å²) in [6.45, 7) is 8.50. The van der Waals surface area contributed by atoms with E-state index in [0.717, 1.165) is 31.6 Å². The number of hydrogen-bond acceptors (Lipinski definition) is 5. The Morgan fingerprint density at radius 2 is 2.26 bits per heavy atom. The molecule has 7 heteroatoms. The minimum Gasteiger partial charge on any atom is -0.375 e. The number of amides is 1. The van der Waals surface area contributed by atoms with E-state index in [1.54, 1.807) is 4.68 Å². The van der Waals surface area contributed by atoms with Crippen LogP contribution in [0.25, 0.3) is 0 Å². The summed E-state index contributed by atoms with van der Waals surface area (Å²) < 4.78 is 7.48. The molecule has 2 aromatic rings. The second kappa shape index (κ2) is 8.19. The average molecular weight is 371 g/mol. The van der Waals surface area contributed by atoms with Gasteiger partial charge in [-0.25, -0.2) is 4.68 Å². The maximum absolute atomic E-state index is 12.6. The van der Waals surface area contributed by atoms with Crippen molar-refractivity contribution in [2.45, 2.75) is 58.3 Å². The largest absolute Gasteiger partial charge is 0.375 e. The Hall–Kier alpha value is -2.25. The predicted molar refractivity (Wildman–Crippen MR) is 105 cm³/mol. The van der Waals surface area contributed by atoms with E-state index in [1.807, 2.05) is 25.1 Å². The third-order valence-corrected chi connectivity index (χ3v) is 5.06. The molecule has 7 nitrogen and oxygen atoms in total. The van der Waals surface area contributed by atoms with E-state index in [-0.39, 0.29) is 11.5 Å². The first kappa shape index (κ1) is 19.5. The van der Waals surface area contributed by atoms with Gasteiger partial charge in [-0.2, -0.15) is 10.1 Å². The molecule has 0 unspecified atom stereocenters. The molecule has 1 aliphatic rings. The Balaban J connectivity index is 1.65. The maximum Gasteiger partial charge on any atom is 0.258 e. The number of nitrogens with zero attached hydrogens (tertiary/aromatic N) is 4. The maximum atomic E-state index is 12.6. The molecule has 0 saturated carbocycles. The Morgan fingerprint density at radius 1 is 1.44 bits per heavy atom. The van der Waals surface area contributed by atoms with Gasteiger partial charge >= 0.3 is 0 Å². The second-order valence-corrected chi connectivity index (χ2v) is 7.72. The highest BCUT2D eigenvalue weighted by molar-refractivity contribution is 6.03. The molecular formula is C20H29N5O2. The van der Waals surface area contributed by atoms with Crippen LogP contribution in [0.4, 0.5) is 5.95 Å². The molecular weight excluding hydrogens is 342 g/mol. The average Bonchev–Trinajstić information content (AvgIpc) is 3.08. The van der Waals surface area contributed by atoms with Crippen molar-refractivity contribution < 1.29 is 9.53 Å². The molecule has 1 aliphatic heterocycles. The lowest BCUT2D eigenvalue weighted by molar-refractivity contribution is -0.0809. The summed E-state index contributed by atoms with van der Waals surface area (Å²) in [6.07, 6.45) is 3.49. The van der Waals surface area contributed by atoms with Crippen LogP contribution in [-0.2, 0) is 17.8 Å². The normalized spacial score (nSPS) is 19.2. The molecule has 1 N–H and O–H groups in total. The number of rotatable bonds is 6. The molecule has 0 bridgehead atoms.